The molecule has 0 bridgehead atoms. The van der Waals surface area contributed by atoms with Gasteiger partial charge in [-0.3, -0.25) is 0 Å². The Morgan fingerprint density at radius 2 is 2.13 bits per heavy atom. The summed E-state index contributed by atoms with van der Waals surface area (Å²) in [6.45, 7) is 4.38. The maximum Gasteiger partial charge on any atom is 0.126 e. The number of hydrogen-bond acceptors (Lipinski definition) is 2. The van der Waals surface area contributed by atoms with Crippen LogP contribution in [0.4, 0.5) is 0 Å². The highest BCUT2D eigenvalue weighted by molar-refractivity contribution is 5.60. The van der Waals surface area contributed by atoms with Crippen molar-refractivity contribution < 1.29 is 9.84 Å². The molecule has 0 aromatic heterocycles. The van der Waals surface area contributed by atoms with Crippen molar-refractivity contribution in [1.82, 2.24) is 0 Å². The second kappa shape index (κ2) is 8.81. The first-order chi connectivity index (χ1) is 11.2. The number of unbranched alkanes of at least 4 members (excludes halogenated alkanes) is 3. The lowest BCUT2D eigenvalue weighted by Crippen LogP contribution is -2.05. The summed E-state index contributed by atoms with van der Waals surface area (Å²) in [6.07, 6.45) is 14.8. The predicted molar refractivity (Wildman–Crippen MR) is 98.2 cm³/mol. The van der Waals surface area contributed by atoms with E-state index in [4.69, 9.17) is 4.74 Å². The van der Waals surface area contributed by atoms with Gasteiger partial charge in [0, 0.05) is 11.5 Å². The maximum absolute atomic E-state index is 10.5. The highest BCUT2D eigenvalue weighted by atomic mass is 16.5. The zero-order valence-electron chi connectivity index (χ0n) is 14.8. The van der Waals surface area contributed by atoms with E-state index < -0.39 is 0 Å². The third kappa shape index (κ3) is 4.89. The fourth-order valence-corrected chi connectivity index (χ4v) is 3.34. The van der Waals surface area contributed by atoms with Gasteiger partial charge in [-0.25, -0.2) is 0 Å². The molecule has 2 nitrogen and oxygen atoms in total. The van der Waals surface area contributed by atoms with Crippen LogP contribution in [-0.2, 0) is 0 Å². The van der Waals surface area contributed by atoms with Crippen molar-refractivity contribution in [3.05, 3.63) is 41.0 Å². The van der Waals surface area contributed by atoms with Crippen molar-refractivity contribution in [3.8, 4) is 11.5 Å². The van der Waals surface area contributed by atoms with Gasteiger partial charge in [0.05, 0.1) is 7.11 Å². The fourth-order valence-electron chi connectivity index (χ4n) is 3.34. The van der Waals surface area contributed by atoms with Crippen LogP contribution in [0.2, 0.25) is 0 Å². The summed E-state index contributed by atoms with van der Waals surface area (Å²) in [6, 6.07) is 3.91. The average Bonchev–Trinajstić information content (AvgIpc) is 2.54. The summed E-state index contributed by atoms with van der Waals surface area (Å²) >= 11 is 0. The van der Waals surface area contributed by atoms with Gasteiger partial charge in [0.2, 0.25) is 0 Å². The Balaban J connectivity index is 2.20. The summed E-state index contributed by atoms with van der Waals surface area (Å²) < 4.78 is 5.58. The molecule has 0 amide bonds. The third-order valence-electron chi connectivity index (χ3n) is 4.59. The van der Waals surface area contributed by atoms with E-state index in [1.807, 2.05) is 12.1 Å². The van der Waals surface area contributed by atoms with Crippen LogP contribution in [0, 0.1) is 0 Å². The fraction of sp³-hybridized carbons (Fsp3) is 0.524. The molecule has 1 aromatic carbocycles. The van der Waals surface area contributed by atoms with E-state index in [0.717, 1.165) is 36.1 Å². The first kappa shape index (κ1) is 17.7. The molecule has 126 valence electrons. The highest BCUT2D eigenvalue weighted by Gasteiger charge is 2.21. The number of aromatic hydroxyl groups is 1. The summed E-state index contributed by atoms with van der Waals surface area (Å²) in [5, 5.41) is 10.5. The molecule has 1 N–H and O–H groups in total. The minimum atomic E-state index is 0.265. The van der Waals surface area contributed by atoms with E-state index in [1.54, 1.807) is 7.11 Å². The maximum atomic E-state index is 10.5. The number of phenolic OH excluding ortho intramolecular Hbond substituents is 1. The number of hydrogen-bond donors (Lipinski definition) is 1. The number of phenols is 1. The zero-order chi connectivity index (χ0) is 16.7. The molecular formula is C21H30O2. The SMILES string of the molecule is CCCCCC=Cc1cc(O)c(C2C=C(C)CCC2)c(OC)c1. The molecule has 2 rings (SSSR count). The molecule has 23 heavy (non-hydrogen) atoms. The standard InChI is InChI=1S/C21H30O2/c1-4-5-6-7-8-11-17-14-19(22)21(20(15-17)23-3)18-12-9-10-16(2)13-18/h8,11,13-15,18,22H,4-7,9-10,12H2,1-3H3. The number of rotatable bonds is 7. The molecule has 0 spiro atoms. The van der Waals surface area contributed by atoms with Crippen LogP contribution in [-0.4, -0.2) is 12.2 Å². The van der Waals surface area contributed by atoms with Gasteiger partial charge >= 0.3 is 0 Å². The quantitative estimate of drug-likeness (QED) is 0.479. The van der Waals surface area contributed by atoms with Gasteiger partial charge in [0.1, 0.15) is 11.5 Å². The highest BCUT2D eigenvalue weighted by Crippen LogP contribution is 2.42. The molecule has 1 aromatic rings. The predicted octanol–water partition coefficient (Wildman–Crippen LogP) is 6.21. The van der Waals surface area contributed by atoms with Gasteiger partial charge in [-0.15, -0.1) is 0 Å². The molecule has 1 unspecified atom stereocenters. The van der Waals surface area contributed by atoms with Crippen LogP contribution >= 0.6 is 0 Å². The lowest BCUT2D eigenvalue weighted by molar-refractivity contribution is 0.394. The van der Waals surface area contributed by atoms with Crippen molar-refractivity contribution in [2.75, 3.05) is 7.11 Å². The van der Waals surface area contributed by atoms with Gasteiger partial charge in [0.25, 0.3) is 0 Å². The Bertz CT molecular complexity index is 569. The van der Waals surface area contributed by atoms with Crippen LogP contribution in [0.25, 0.3) is 6.08 Å². The Morgan fingerprint density at radius 1 is 1.30 bits per heavy atom. The first-order valence-corrected chi connectivity index (χ1v) is 8.90. The molecule has 2 heteroatoms. The molecule has 1 aliphatic carbocycles. The van der Waals surface area contributed by atoms with Crippen molar-refractivity contribution >= 4 is 6.08 Å². The largest absolute Gasteiger partial charge is 0.507 e. The number of allylic oxidation sites excluding steroid dienone is 3. The van der Waals surface area contributed by atoms with Gasteiger partial charge in [-0.05, 0) is 56.7 Å². The Kier molecular flexibility index (Phi) is 6.76. The van der Waals surface area contributed by atoms with Crippen molar-refractivity contribution in [3.63, 3.8) is 0 Å². The minimum Gasteiger partial charge on any atom is -0.507 e. The summed E-state index contributed by atoms with van der Waals surface area (Å²) in [7, 11) is 1.69. The van der Waals surface area contributed by atoms with Crippen LogP contribution < -0.4 is 4.74 Å². The number of benzene rings is 1. The monoisotopic (exact) mass is 314 g/mol. The average molecular weight is 314 g/mol. The molecule has 0 fully saturated rings. The normalized spacial score (nSPS) is 18.2. The Hall–Kier alpha value is -1.70. The molecule has 1 atom stereocenters. The van der Waals surface area contributed by atoms with E-state index >= 15 is 0 Å². The smallest absolute Gasteiger partial charge is 0.126 e. The topological polar surface area (TPSA) is 29.5 Å². The molecule has 0 saturated carbocycles. The van der Waals surface area contributed by atoms with Gasteiger partial charge < -0.3 is 9.84 Å². The third-order valence-corrected chi connectivity index (χ3v) is 4.59. The van der Waals surface area contributed by atoms with Crippen LogP contribution in [0.1, 0.15) is 75.8 Å². The van der Waals surface area contributed by atoms with Crippen molar-refractivity contribution in [1.29, 1.82) is 0 Å². The summed E-state index contributed by atoms with van der Waals surface area (Å²) in [5.41, 5.74) is 3.35. The van der Waals surface area contributed by atoms with E-state index in [9.17, 15) is 5.11 Å². The second-order valence-electron chi connectivity index (χ2n) is 6.57. The van der Waals surface area contributed by atoms with Crippen LogP contribution in [0.5, 0.6) is 11.5 Å². The number of ether oxygens (including phenoxy) is 1. The number of methoxy groups -OCH3 is 1. The van der Waals surface area contributed by atoms with E-state index in [-0.39, 0.29) is 5.92 Å². The lowest BCUT2D eigenvalue weighted by Gasteiger charge is -2.23. The Morgan fingerprint density at radius 3 is 2.83 bits per heavy atom. The lowest BCUT2D eigenvalue weighted by atomic mass is 9.84. The molecule has 0 radical (unpaired) electrons. The van der Waals surface area contributed by atoms with Gasteiger partial charge in [-0.2, -0.15) is 0 Å². The summed E-state index contributed by atoms with van der Waals surface area (Å²) in [5.74, 6) is 1.42. The van der Waals surface area contributed by atoms with Crippen LogP contribution in [0.15, 0.2) is 29.9 Å². The van der Waals surface area contributed by atoms with Crippen LogP contribution in [0.3, 0.4) is 0 Å². The minimum absolute atomic E-state index is 0.265. The molecule has 0 aliphatic heterocycles. The van der Waals surface area contributed by atoms with E-state index in [0.29, 0.717) is 5.75 Å². The molecule has 0 saturated heterocycles. The van der Waals surface area contributed by atoms with Crippen molar-refractivity contribution in [2.24, 2.45) is 0 Å². The molecular weight excluding hydrogens is 284 g/mol. The first-order valence-electron chi connectivity index (χ1n) is 8.90. The summed E-state index contributed by atoms with van der Waals surface area (Å²) in [4.78, 5) is 0. The van der Waals surface area contributed by atoms with E-state index in [2.05, 4.69) is 32.1 Å². The van der Waals surface area contributed by atoms with Crippen molar-refractivity contribution in [2.45, 2.75) is 64.7 Å². The second-order valence-corrected chi connectivity index (χ2v) is 6.57. The Labute approximate surface area is 140 Å². The van der Waals surface area contributed by atoms with Gasteiger partial charge in [0.15, 0.2) is 0 Å². The van der Waals surface area contributed by atoms with E-state index in [1.165, 1.54) is 31.3 Å². The van der Waals surface area contributed by atoms with Gasteiger partial charge in [-0.1, -0.05) is 43.6 Å². The molecule has 1 aliphatic rings. The zero-order valence-corrected chi connectivity index (χ0v) is 14.8. The molecule has 0 heterocycles.